The minimum Gasteiger partial charge on any atom is -0.497 e. The summed E-state index contributed by atoms with van der Waals surface area (Å²) in [6.07, 6.45) is 0. The molecule has 0 atom stereocenters. The van der Waals surface area contributed by atoms with Gasteiger partial charge in [0.1, 0.15) is 23.0 Å². The molecule has 0 aliphatic heterocycles. The third-order valence-electron chi connectivity index (χ3n) is 5.86. The fourth-order valence-electron chi connectivity index (χ4n) is 4.05. The lowest BCUT2D eigenvalue weighted by molar-refractivity contribution is 0.415. The van der Waals surface area contributed by atoms with Crippen LogP contribution in [0.1, 0.15) is 0 Å². The van der Waals surface area contributed by atoms with Crippen molar-refractivity contribution in [3.63, 3.8) is 0 Å². The molecule has 0 aliphatic rings. The Morgan fingerprint density at radius 2 is 0.657 bits per heavy atom. The predicted octanol–water partition coefficient (Wildman–Crippen LogP) is 2.11. The van der Waals surface area contributed by atoms with Gasteiger partial charge in [-0.2, -0.15) is 0 Å². The summed E-state index contributed by atoms with van der Waals surface area (Å²) in [7, 11) is 2.42. The normalized spacial score (nSPS) is 10.9. The molecule has 0 aromatic heterocycles. The maximum absolute atomic E-state index is 7.25. The Morgan fingerprint density at radius 1 is 0.400 bits per heavy atom. The zero-order valence-electron chi connectivity index (χ0n) is 20.4. The molecule has 0 saturated carbocycles. The van der Waals surface area contributed by atoms with Crippen LogP contribution >= 0.6 is 0 Å². The smallest absolute Gasteiger partial charge is 0.229 e. The number of methoxy groups -OCH3 is 4. The molecule has 0 spiro atoms. The standard InChI is InChI=1S/C28H30O5Si2/c1-29-21-9-5-13-25(17-21)34(26-14-6-10-22(18-26)30-2)33-35(27-15-7-11-23(19-27)31-3)28-16-8-12-24(20-28)32-4/h5-20,34-35H,1-4H3. The van der Waals surface area contributed by atoms with Crippen molar-refractivity contribution in [3.05, 3.63) is 97.1 Å². The van der Waals surface area contributed by atoms with E-state index in [-0.39, 0.29) is 0 Å². The molecule has 35 heavy (non-hydrogen) atoms. The van der Waals surface area contributed by atoms with E-state index in [2.05, 4.69) is 48.5 Å². The van der Waals surface area contributed by atoms with Crippen LogP contribution < -0.4 is 39.7 Å². The lowest BCUT2D eigenvalue weighted by Crippen LogP contribution is -2.56. The van der Waals surface area contributed by atoms with Crippen molar-refractivity contribution in [3.8, 4) is 23.0 Å². The van der Waals surface area contributed by atoms with Gasteiger partial charge < -0.3 is 23.1 Å². The van der Waals surface area contributed by atoms with E-state index in [0.717, 1.165) is 43.7 Å². The van der Waals surface area contributed by atoms with Crippen LogP contribution in [0.4, 0.5) is 0 Å². The Labute approximate surface area is 210 Å². The third-order valence-corrected chi connectivity index (χ3v) is 11.9. The van der Waals surface area contributed by atoms with Crippen molar-refractivity contribution < 1.29 is 23.1 Å². The molecule has 4 aromatic rings. The zero-order valence-corrected chi connectivity index (χ0v) is 22.7. The van der Waals surface area contributed by atoms with Gasteiger partial charge in [0, 0.05) is 0 Å². The monoisotopic (exact) mass is 502 g/mol. The van der Waals surface area contributed by atoms with Crippen LogP contribution in [0.15, 0.2) is 97.1 Å². The quantitative estimate of drug-likeness (QED) is 0.311. The van der Waals surface area contributed by atoms with Gasteiger partial charge in [-0.25, -0.2) is 0 Å². The first-order valence-electron chi connectivity index (χ1n) is 11.4. The second-order valence-electron chi connectivity index (χ2n) is 8.00. The van der Waals surface area contributed by atoms with Crippen molar-refractivity contribution in [2.75, 3.05) is 28.4 Å². The van der Waals surface area contributed by atoms with Gasteiger partial charge in [0.25, 0.3) is 0 Å². The van der Waals surface area contributed by atoms with E-state index in [9.17, 15) is 0 Å². The zero-order chi connectivity index (χ0) is 24.6. The van der Waals surface area contributed by atoms with Crippen LogP contribution in [-0.4, -0.2) is 46.5 Å². The van der Waals surface area contributed by atoms with E-state index in [4.69, 9.17) is 23.1 Å². The van der Waals surface area contributed by atoms with Crippen LogP contribution in [0.25, 0.3) is 0 Å². The molecule has 0 unspecified atom stereocenters. The Balaban J connectivity index is 1.85. The SMILES string of the molecule is COc1cccc([SiH](O[SiH](c2cccc(OC)c2)c2cccc(OC)c2)c2cccc(OC)c2)c1. The summed E-state index contributed by atoms with van der Waals surface area (Å²) >= 11 is 0. The van der Waals surface area contributed by atoms with Gasteiger partial charge in [-0.3, -0.25) is 0 Å². The summed E-state index contributed by atoms with van der Waals surface area (Å²) in [6, 6.07) is 32.7. The van der Waals surface area contributed by atoms with Gasteiger partial charge in [0.05, 0.1) is 28.4 Å². The van der Waals surface area contributed by atoms with E-state index >= 15 is 0 Å². The molecule has 180 valence electrons. The highest BCUT2D eigenvalue weighted by molar-refractivity contribution is 6.91. The third kappa shape index (κ3) is 5.94. The molecule has 0 aliphatic carbocycles. The molecule has 4 rings (SSSR count). The molecule has 0 bridgehead atoms. The molecule has 0 N–H and O–H groups in total. The molecular formula is C28H30O5Si2. The lowest BCUT2D eigenvalue weighted by atomic mass is 10.3. The molecular weight excluding hydrogens is 472 g/mol. The van der Waals surface area contributed by atoms with Crippen LogP contribution in [0.5, 0.6) is 23.0 Å². The van der Waals surface area contributed by atoms with E-state index in [1.54, 1.807) is 28.4 Å². The number of ether oxygens (including phenoxy) is 4. The Hall–Kier alpha value is -3.53. The van der Waals surface area contributed by atoms with Gasteiger partial charge in [-0.1, -0.05) is 48.5 Å². The first kappa shape index (κ1) is 24.6. The van der Waals surface area contributed by atoms with E-state index in [0.29, 0.717) is 0 Å². The first-order chi connectivity index (χ1) is 17.1. The lowest BCUT2D eigenvalue weighted by Gasteiger charge is -2.26. The predicted molar refractivity (Wildman–Crippen MR) is 146 cm³/mol. The highest BCUT2D eigenvalue weighted by Gasteiger charge is 2.27. The van der Waals surface area contributed by atoms with Gasteiger partial charge in [-0.05, 0) is 69.3 Å². The average Bonchev–Trinajstić information content (AvgIpc) is 2.93. The Bertz CT molecular complexity index is 1070. The van der Waals surface area contributed by atoms with Gasteiger partial charge in [0.2, 0.25) is 18.1 Å². The molecule has 0 heterocycles. The molecule has 7 heteroatoms. The summed E-state index contributed by atoms with van der Waals surface area (Å²) in [5.74, 6) is 3.25. The summed E-state index contributed by atoms with van der Waals surface area (Å²) in [4.78, 5) is 0. The number of hydrogen-bond acceptors (Lipinski definition) is 5. The summed E-state index contributed by atoms with van der Waals surface area (Å²) in [5, 5.41) is 4.56. The van der Waals surface area contributed by atoms with E-state index in [1.165, 1.54) is 0 Å². The molecule has 5 nitrogen and oxygen atoms in total. The second kappa shape index (κ2) is 11.7. The van der Waals surface area contributed by atoms with Gasteiger partial charge >= 0.3 is 0 Å². The summed E-state index contributed by atoms with van der Waals surface area (Å²) < 4.78 is 29.4. The highest BCUT2D eigenvalue weighted by atomic mass is 28.4. The molecule has 4 aromatic carbocycles. The second-order valence-corrected chi connectivity index (χ2v) is 13.3. The van der Waals surface area contributed by atoms with Crippen LogP contribution in [0.3, 0.4) is 0 Å². The summed E-state index contributed by atoms with van der Waals surface area (Å²) in [5.41, 5.74) is 0. The molecule has 0 saturated heterocycles. The topological polar surface area (TPSA) is 46.2 Å². The number of rotatable bonds is 10. The maximum atomic E-state index is 7.25. The average molecular weight is 503 g/mol. The fraction of sp³-hybridized carbons (Fsp3) is 0.143. The Kier molecular flexibility index (Phi) is 8.25. The Morgan fingerprint density at radius 3 is 0.886 bits per heavy atom. The van der Waals surface area contributed by atoms with Crippen LogP contribution in [0, 0.1) is 0 Å². The van der Waals surface area contributed by atoms with E-state index < -0.39 is 18.1 Å². The molecule has 0 radical (unpaired) electrons. The fourth-order valence-corrected chi connectivity index (χ4v) is 10.8. The van der Waals surface area contributed by atoms with Crippen LogP contribution in [-0.2, 0) is 4.12 Å². The van der Waals surface area contributed by atoms with Crippen molar-refractivity contribution >= 4 is 38.8 Å². The summed E-state index contributed by atoms with van der Waals surface area (Å²) in [6.45, 7) is 0. The van der Waals surface area contributed by atoms with Gasteiger partial charge in [-0.15, -0.1) is 0 Å². The van der Waals surface area contributed by atoms with Crippen molar-refractivity contribution in [2.24, 2.45) is 0 Å². The van der Waals surface area contributed by atoms with Crippen molar-refractivity contribution in [2.45, 2.75) is 0 Å². The minimum atomic E-state index is -2.16. The number of hydrogen-bond donors (Lipinski definition) is 0. The van der Waals surface area contributed by atoms with Gasteiger partial charge in [0.15, 0.2) is 0 Å². The maximum Gasteiger partial charge on any atom is 0.229 e. The largest absolute Gasteiger partial charge is 0.497 e. The van der Waals surface area contributed by atoms with Crippen molar-refractivity contribution in [1.29, 1.82) is 0 Å². The van der Waals surface area contributed by atoms with E-state index in [1.807, 2.05) is 48.5 Å². The van der Waals surface area contributed by atoms with Crippen molar-refractivity contribution in [1.82, 2.24) is 0 Å². The highest BCUT2D eigenvalue weighted by Crippen LogP contribution is 2.14. The first-order valence-corrected chi connectivity index (χ1v) is 14.6. The number of benzene rings is 4. The molecule has 0 fully saturated rings. The minimum absolute atomic E-state index is 0.812. The molecule has 0 amide bonds. The van der Waals surface area contributed by atoms with Crippen LogP contribution in [0.2, 0.25) is 0 Å².